The van der Waals surface area contributed by atoms with Gasteiger partial charge in [0.25, 0.3) is 5.91 Å². The molecule has 0 saturated heterocycles. The summed E-state index contributed by atoms with van der Waals surface area (Å²) in [7, 11) is 0. The zero-order valence-corrected chi connectivity index (χ0v) is 15.4. The maximum Gasteiger partial charge on any atom is 0.287 e. The Kier molecular flexibility index (Phi) is 4.80. The number of anilines is 1. The maximum atomic E-state index is 12.4. The van der Waals surface area contributed by atoms with Gasteiger partial charge in [-0.15, -0.1) is 0 Å². The molecule has 1 heterocycles. The lowest BCUT2D eigenvalue weighted by Gasteiger charge is -2.13. The third kappa shape index (κ3) is 3.47. The van der Waals surface area contributed by atoms with Crippen molar-refractivity contribution in [2.24, 2.45) is 0 Å². The van der Waals surface area contributed by atoms with Gasteiger partial charge in [0.2, 0.25) is 5.91 Å². The van der Waals surface area contributed by atoms with E-state index >= 15 is 0 Å². The Morgan fingerprint density at radius 3 is 2.31 bits per heavy atom. The van der Waals surface area contributed by atoms with Gasteiger partial charge in [-0.25, -0.2) is 0 Å². The third-order valence-corrected chi connectivity index (χ3v) is 4.40. The van der Waals surface area contributed by atoms with E-state index in [-0.39, 0.29) is 18.2 Å². The van der Waals surface area contributed by atoms with Gasteiger partial charge in [0.1, 0.15) is 5.58 Å². The lowest BCUT2D eigenvalue weighted by atomic mass is 10.1. The smallest absolute Gasteiger partial charge is 0.287 e. The molecule has 134 valence electrons. The van der Waals surface area contributed by atoms with Gasteiger partial charge < -0.3 is 15.1 Å². The monoisotopic (exact) mass is 350 g/mol. The normalized spacial score (nSPS) is 10.8. The number of hydrogen-bond donors (Lipinski definition) is 2. The lowest BCUT2D eigenvalue weighted by molar-refractivity contribution is -0.115. The van der Waals surface area contributed by atoms with Crippen LogP contribution in [0.3, 0.4) is 0 Å². The van der Waals surface area contributed by atoms with Crippen molar-refractivity contribution in [2.45, 2.75) is 27.7 Å². The van der Waals surface area contributed by atoms with Crippen LogP contribution in [0, 0.1) is 27.7 Å². The second-order valence-electron chi connectivity index (χ2n) is 6.56. The number of amides is 2. The Morgan fingerprint density at radius 1 is 1.00 bits per heavy atom. The van der Waals surface area contributed by atoms with Gasteiger partial charge in [-0.05, 0) is 44.9 Å². The van der Waals surface area contributed by atoms with E-state index in [0.29, 0.717) is 5.58 Å². The fourth-order valence-electron chi connectivity index (χ4n) is 3.19. The van der Waals surface area contributed by atoms with E-state index in [0.717, 1.165) is 33.3 Å². The number of hydrogen-bond acceptors (Lipinski definition) is 3. The molecule has 2 N–H and O–H groups in total. The molecule has 0 aliphatic carbocycles. The van der Waals surface area contributed by atoms with Crippen LogP contribution < -0.4 is 10.6 Å². The molecule has 3 rings (SSSR count). The quantitative estimate of drug-likeness (QED) is 0.746. The third-order valence-electron chi connectivity index (χ3n) is 4.40. The summed E-state index contributed by atoms with van der Waals surface area (Å²) < 4.78 is 5.62. The standard InChI is InChI=1S/C21H22N2O3/c1-12-9-13(2)19(14(3)10-12)23-18(24)11-22-21(25)20-15(4)16-7-5-6-8-17(16)26-20/h5-10H,11H2,1-4H3,(H,22,25)(H,23,24). The van der Waals surface area contributed by atoms with Gasteiger partial charge in [-0.2, -0.15) is 0 Å². The molecule has 0 spiro atoms. The number of carbonyl (C=O) groups is 2. The van der Waals surface area contributed by atoms with E-state index in [4.69, 9.17) is 4.42 Å². The Bertz CT molecular complexity index is 979. The second kappa shape index (κ2) is 7.04. The van der Waals surface area contributed by atoms with Gasteiger partial charge in [-0.3, -0.25) is 9.59 Å². The van der Waals surface area contributed by atoms with Crippen LogP contribution in [0.5, 0.6) is 0 Å². The summed E-state index contributed by atoms with van der Waals surface area (Å²) in [6, 6.07) is 11.5. The number of rotatable bonds is 4. The van der Waals surface area contributed by atoms with E-state index in [1.54, 1.807) is 0 Å². The van der Waals surface area contributed by atoms with Crippen LogP contribution in [-0.2, 0) is 4.79 Å². The van der Waals surface area contributed by atoms with Crippen molar-refractivity contribution in [3.8, 4) is 0 Å². The summed E-state index contributed by atoms with van der Waals surface area (Å²) in [5.74, 6) is -0.435. The Hall–Kier alpha value is -3.08. The minimum atomic E-state index is -0.397. The van der Waals surface area contributed by atoms with Gasteiger partial charge in [0.05, 0.1) is 6.54 Å². The molecule has 0 fully saturated rings. The molecule has 0 radical (unpaired) electrons. The van der Waals surface area contributed by atoms with Crippen LogP contribution in [0.4, 0.5) is 5.69 Å². The first-order valence-electron chi connectivity index (χ1n) is 8.51. The van der Waals surface area contributed by atoms with Crippen molar-refractivity contribution in [1.82, 2.24) is 5.32 Å². The first kappa shape index (κ1) is 17.7. The van der Waals surface area contributed by atoms with Crippen molar-refractivity contribution in [3.63, 3.8) is 0 Å². The first-order valence-corrected chi connectivity index (χ1v) is 8.51. The molecule has 0 aliphatic heterocycles. The summed E-state index contributed by atoms with van der Waals surface area (Å²) in [4.78, 5) is 24.6. The molecule has 0 saturated carbocycles. The molecule has 0 unspecified atom stereocenters. The predicted molar refractivity (Wildman–Crippen MR) is 103 cm³/mol. The summed E-state index contributed by atoms with van der Waals surface area (Å²) in [6.07, 6.45) is 0. The van der Waals surface area contributed by atoms with Crippen molar-refractivity contribution in [3.05, 3.63) is 64.4 Å². The second-order valence-corrected chi connectivity index (χ2v) is 6.56. The average molecular weight is 350 g/mol. The fraction of sp³-hybridized carbons (Fsp3) is 0.238. The number of carbonyl (C=O) groups excluding carboxylic acids is 2. The van der Waals surface area contributed by atoms with Crippen LogP contribution in [0.15, 0.2) is 40.8 Å². The first-order chi connectivity index (χ1) is 12.4. The molecule has 5 heteroatoms. The average Bonchev–Trinajstić information content (AvgIpc) is 2.93. The Labute approximate surface area is 152 Å². The minimum Gasteiger partial charge on any atom is -0.451 e. The topological polar surface area (TPSA) is 71.3 Å². The SMILES string of the molecule is Cc1cc(C)c(NC(=O)CNC(=O)c2oc3ccccc3c2C)c(C)c1. The molecule has 1 aromatic heterocycles. The van der Waals surface area contributed by atoms with Crippen LogP contribution >= 0.6 is 0 Å². The molecule has 2 aromatic carbocycles. The molecular formula is C21H22N2O3. The number of fused-ring (bicyclic) bond motifs is 1. The highest BCUT2D eigenvalue weighted by molar-refractivity contribution is 6.02. The number of furan rings is 1. The number of aryl methyl sites for hydroxylation is 4. The van der Waals surface area contributed by atoms with E-state index in [1.807, 2.05) is 64.1 Å². The van der Waals surface area contributed by atoms with E-state index < -0.39 is 5.91 Å². The predicted octanol–water partition coefficient (Wildman–Crippen LogP) is 4.03. The van der Waals surface area contributed by atoms with Gasteiger partial charge >= 0.3 is 0 Å². The fourth-order valence-corrected chi connectivity index (χ4v) is 3.19. The minimum absolute atomic E-state index is 0.123. The van der Waals surface area contributed by atoms with E-state index in [9.17, 15) is 9.59 Å². The molecule has 0 atom stereocenters. The summed E-state index contributed by atoms with van der Waals surface area (Å²) >= 11 is 0. The molecule has 2 amide bonds. The highest BCUT2D eigenvalue weighted by Gasteiger charge is 2.18. The van der Waals surface area contributed by atoms with Gasteiger partial charge in [-0.1, -0.05) is 35.9 Å². The zero-order valence-electron chi connectivity index (χ0n) is 15.4. The number of nitrogens with one attached hydrogen (secondary N) is 2. The van der Waals surface area contributed by atoms with Crippen molar-refractivity contribution >= 4 is 28.5 Å². The summed E-state index contributed by atoms with van der Waals surface area (Å²) in [6.45, 7) is 7.63. The molecular weight excluding hydrogens is 328 g/mol. The Morgan fingerprint density at radius 2 is 1.65 bits per heavy atom. The molecule has 26 heavy (non-hydrogen) atoms. The summed E-state index contributed by atoms with van der Waals surface area (Å²) in [5.41, 5.74) is 5.35. The highest BCUT2D eigenvalue weighted by Crippen LogP contribution is 2.25. The van der Waals surface area contributed by atoms with Crippen molar-refractivity contribution < 1.29 is 14.0 Å². The van der Waals surface area contributed by atoms with Crippen LogP contribution in [0.1, 0.15) is 32.8 Å². The Balaban J connectivity index is 1.67. The largest absolute Gasteiger partial charge is 0.451 e. The molecule has 3 aromatic rings. The van der Waals surface area contributed by atoms with E-state index in [1.165, 1.54) is 0 Å². The van der Waals surface area contributed by atoms with Crippen molar-refractivity contribution in [1.29, 1.82) is 0 Å². The van der Waals surface area contributed by atoms with Crippen LogP contribution in [0.2, 0.25) is 0 Å². The van der Waals surface area contributed by atoms with Crippen molar-refractivity contribution in [2.75, 3.05) is 11.9 Å². The van der Waals surface area contributed by atoms with Crippen LogP contribution in [0.25, 0.3) is 11.0 Å². The number of para-hydroxylation sites is 1. The molecule has 0 bridgehead atoms. The molecule has 0 aliphatic rings. The lowest BCUT2D eigenvalue weighted by Crippen LogP contribution is -2.33. The van der Waals surface area contributed by atoms with Gasteiger partial charge in [0, 0.05) is 16.6 Å². The number of benzene rings is 2. The maximum absolute atomic E-state index is 12.4. The molecule has 5 nitrogen and oxygen atoms in total. The zero-order chi connectivity index (χ0) is 18.8. The van der Waals surface area contributed by atoms with E-state index in [2.05, 4.69) is 10.6 Å². The summed E-state index contributed by atoms with van der Waals surface area (Å²) in [5, 5.41) is 6.39. The highest BCUT2D eigenvalue weighted by atomic mass is 16.3. The van der Waals surface area contributed by atoms with Gasteiger partial charge in [0.15, 0.2) is 5.76 Å². The van der Waals surface area contributed by atoms with Crippen LogP contribution in [-0.4, -0.2) is 18.4 Å².